The van der Waals surface area contributed by atoms with Gasteiger partial charge in [0.25, 0.3) is 11.8 Å². The molecule has 15 nitrogen and oxygen atoms in total. The van der Waals surface area contributed by atoms with Crippen molar-refractivity contribution >= 4 is 28.9 Å². The summed E-state index contributed by atoms with van der Waals surface area (Å²) < 4.78 is 3.31. The molecular formula is C68H79N13O2. The average Bonchev–Trinajstić information content (AvgIpc) is 4.45. The standard InChI is InChI=1S/C32H31N5O.C32H35N5O.C4H13N3/c1-21-16-30(37(36-21)29-11-5-9-27(19-29)33-2)32(38)35-28-10-4-8-26(18-28)31(34-20-22-12-13-22)25-7-3-6-24(17-25)23-14-15-23;1-21-14-30(37(36-21)29-9-5-6-23(15-29)19-33)32(38)35-28-17-26(24-12-13-24)16-27(18-28)31(34-20-22-10-11-22)25-7-3-2-4-8-25;5-1-3-7-4-2-6/h3-11,16-19,22-23,31,34H,12-15,20H2,1H3,(H,35,38);2-9,14-18,22,24,31,34H,10-13,19-20,33H2,1H3,(H,35,38);7H,1-6H2. The van der Waals surface area contributed by atoms with Crippen LogP contribution in [0.4, 0.5) is 17.1 Å². The van der Waals surface area contributed by atoms with Crippen molar-refractivity contribution in [3.05, 3.63) is 231 Å². The van der Waals surface area contributed by atoms with Crippen LogP contribution >= 0.6 is 0 Å². The van der Waals surface area contributed by atoms with Crippen LogP contribution in [0, 0.1) is 32.3 Å². The van der Waals surface area contributed by atoms with Gasteiger partial charge in [-0.05, 0) is 202 Å². The minimum atomic E-state index is -0.241. The molecule has 2 heterocycles. The zero-order valence-electron chi connectivity index (χ0n) is 47.9. The minimum Gasteiger partial charge on any atom is -0.329 e. The summed E-state index contributed by atoms with van der Waals surface area (Å²) in [5.74, 6) is 2.38. The summed E-state index contributed by atoms with van der Waals surface area (Å²) in [6, 6.07) is 53.1. The molecule has 83 heavy (non-hydrogen) atoms. The van der Waals surface area contributed by atoms with Crippen LogP contribution in [0.2, 0.25) is 0 Å². The maximum atomic E-state index is 13.6. The number of nitrogens with one attached hydrogen (secondary N) is 5. The van der Waals surface area contributed by atoms with Gasteiger partial charge in [-0.2, -0.15) is 10.2 Å². The molecule has 2 aromatic heterocycles. The Bertz CT molecular complexity index is 3510. The van der Waals surface area contributed by atoms with E-state index in [1.807, 2.05) is 62.4 Å². The van der Waals surface area contributed by atoms with Crippen LogP contribution in [-0.2, 0) is 6.54 Å². The number of aryl methyl sites for hydroxylation is 2. The topological polar surface area (TPSA) is 212 Å². The smallest absolute Gasteiger partial charge is 0.274 e. The van der Waals surface area contributed by atoms with Gasteiger partial charge in [-0.1, -0.05) is 97.1 Å². The number of benzene rings is 6. The highest BCUT2D eigenvalue weighted by molar-refractivity contribution is 6.04. The number of carbonyl (C=O) groups excluding carboxylic acids is 2. The summed E-state index contributed by atoms with van der Waals surface area (Å²) in [6.07, 6.45) is 10.2. The first kappa shape index (κ1) is 58.1. The molecule has 4 aliphatic rings. The van der Waals surface area contributed by atoms with E-state index in [9.17, 15) is 9.59 Å². The van der Waals surface area contributed by atoms with Gasteiger partial charge in [0.1, 0.15) is 11.4 Å². The number of amides is 2. The first-order valence-corrected chi connectivity index (χ1v) is 29.6. The summed E-state index contributed by atoms with van der Waals surface area (Å²) in [6.45, 7) is 16.7. The summed E-state index contributed by atoms with van der Waals surface area (Å²) >= 11 is 0. The number of aromatic nitrogens is 4. The van der Waals surface area contributed by atoms with Gasteiger partial charge in [-0.25, -0.2) is 14.2 Å². The molecule has 8 aromatic rings. The van der Waals surface area contributed by atoms with Crippen molar-refractivity contribution in [1.29, 1.82) is 0 Å². The van der Waals surface area contributed by atoms with Gasteiger partial charge in [0, 0.05) is 44.1 Å². The normalized spacial score (nSPS) is 15.2. The quantitative estimate of drug-likeness (QED) is 0.0224. The molecule has 0 radical (unpaired) electrons. The van der Waals surface area contributed by atoms with Gasteiger partial charge < -0.3 is 43.8 Å². The number of anilines is 2. The maximum absolute atomic E-state index is 13.6. The van der Waals surface area contributed by atoms with E-state index in [0.29, 0.717) is 54.2 Å². The molecule has 0 aliphatic heterocycles. The predicted molar refractivity (Wildman–Crippen MR) is 332 cm³/mol. The summed E-state index contributed by atoms with van der Waals surface area (Å²) in [5.41, 5.74) is 30.8. The second kappa shape index (κ2) is 27.8. The van der Waals surface area contributed by atoms with Gasteiger partial charge in [0.05, 0.1) is 41.4 Å². The number of carbonyl (C=O) groups is 2. The number of hydrogen-bond acceptors (Lipinski definition) is 10. The Morgan fingerprint density at radius 1 is 0.542 bits per heavy atom. The molecule has 11 N–H and O–H groups in total. The average molecular weight is 1110 g/mol. The van der Waals surface area contributed by atoms with Crippen LogP contribution in [0.15, 0.2) is 158 Å². The van der Waals surface area contributed by atoms with Crippen LogP contribution < -0.4 is 43.8 Å². The van der Waals surface area contributed by atoms with Crippen molar-refractivity contribution in [2.24, 2.45) is 29.0 Å². The Labute approximate surface area is 488 Å². The largest absolute Gasteiger partial charge is 0.329 e. The van der Waals surface area contributed by atoms with Crippen molar-refractivity contribution in [3.63, 3.8) is 0 Å². The molecule has 12 rings (SSSR count). The second-order valence-electron chi connectivity index (χ2n) is 22.6. The Kier molecular flexibility index (Phi) is 19.5. The van der Waals surface area contributed by atoms with Crippen LogP contribution in [-0.4, -0.2) is 70.6 Å². The van der Waals surface area contributed by atoms with Crippen LogP contribution in [0.1, 0.15) is 147 Å². The fraction of sp³-hybridized carbons (Fsp3) is 0.338. The predicted octanol–water partition coefficient (Wildman–Crippen LogP) is 11.3. The number of rotatable bonds is 23. The summed E-state index contributed by atoms with van der Waals surface area (Å²) in [5, 5.41) is 26.1. The maximum Gasteiger partial charge on any atom is 0.274 e. The molecule has 428 valence electrons. The van der Waals surface area contributed by atoms with Crippen LogP contribution in [0.5, 0.6) is 0 Å². The first-order valence-electron chi connectivity index (χ1n) is 29.6. The molecule has 4 fully saturated rings. The number of hydrogen-bond donors (Lipinski definition) is 8. The number of nitrogens with zero attached hydrogens (tertiary/aromatic N) is 5. The molecule has 2 unspecified atom stereocenters. The molecule has 2 atom stereocenters. The zero-order valence-corrected chi connectivity index (χ0v) is 47.9. The van der Waals surface area contributed by atoms with Crippen molar-refractivity contribution in [1.82, 2.24) is 35.5 Å². The first-order chi connectivity index (χ1) is 40.6. The van der Waals surface area contributed by atoms with E-state index in [2.05, 4.69) is 127 Å². The fourth-order valence-corrected chi connectivity index (χ4v) is 10.4. The third-order valence-electron chi connectivity index (χ3n) is 15.5. The molecule has 0 spiro atoms. The van der Waals surface area contributed by atoms with Crippen molar-refractivity contribution in [2.45, 2.75) is 95.7 Å². The highest BCUT2D eigenvalue weighted by Crippen LogP contribution is 2.43. The Balaban J connectivity index is 0.000000166. The highest BCUT2D eigenvalue weighted by atomic mass is 16.2. The molecule has 15 heteroatoms. The van der Waals surface area contributed by atoms with Crippen molar-refractivity contribution in [2.75, 3.05) is 49.9 Å². The van der Waals surface area contributed by atoms with E-state index in [-0.39, 0.29) is 23.9 Å². The molecule has 4 aliphatic carbocycles. The Morgan fingerprint density at radius 3 is 1.65 bits per heavy atom. The lowest BCUT2D eigenvalue weighted by Gasteiger charge is -2.22. The van der Waals surface area contributed by atoms with E-state index in [4.69, 9.17) is 23.8 Å². The summed E-state index contributed by atoms with van der Waals surface area (Å²) in [7, 11) is 0. The van der Waals surface area contributed by atoms with E-state index in [0.717, 1.165) is 77.6 Å². The lowest BCUT2D eigenvalue weighted by atomic mass is 9.95. The lowest BCUT2D eigenvalue weighted by molar-refractivity contribution is 0.101. The third-order valence-corrected chi connectivity index (χ3v) is 15.5. The zero-order chi connectivity index (χ0) is 57.7. The SMILES string of the molecule is Cc1cc(C(=O)Nc2cc(C3CC3)cc(C(NCC3CC3)c3ccccc3)c2)n(-c2cccc(CN)c2)n1.NCCNCCN.[C-]#[N+]c1cccc(-n2nc(C)cc2C(=O)Nc2cccc(C(NCC3CC3)c3cccc(C4CC4)c3)c2)c1. The van der Waals surface area contributed by atoms with Gasteiger partial charge in [-0.15, -0.1) is 0 Å². The Hall–Kier alpha value is -8.07. The van der Waals surface area contributed by atoms with Crippen LogP contribution in [0.3, 0.4) is 0 Å². The Morgan fingerprint density at radius 2 is 1.06 bits per heavy atom. The third kappa shape index (κ3) is 16.1. The van der Waals surface area contributed by atoms with Crippen molar-refractivity contribution < 1.29 is 9.59 Å². The molecule has 6 aromatic carbocycles. The van der Waals surface area contributed by atoms with E-state index < -0.39 is 0 Å². The molecular weight excluding hydrogens is 1030 g/mol. The summed E-state index contributed by atoms with van der Waals surface area (Å²) in [4.78, 5) is 30.6. The molecule has 4 saturated carbocycles. The van der Waals surface area contributed by atoms with Gasteiger partial charge in [-0.3, -0.25) is 9.59 Å². The van der Waals surface area contributed by atoms with E-state index in [1.165, 1.54) is 79.2 Å². The van der Waals surface area contributed by atoms with E-state index in [1.54, 1.807) is 33.6 Å². The van der Waals surface area contributed by atoms with Gasteiger partial charge >= 0.3 is 0 Å². The van der Waals surface area contributed by atoms with Gasteiger partial charge in [0.15, 0.2) is 5.69 Å². The highest BCUT2D eigenvalue weighted by Gasteiger charge is 2.30. The minimum absolute atomic E-state index is 0.0651. The lowest BCUT2D eigenvalue weighted by Crippen LogP contribution is -2.27. The van der Waals surface area contributed by atoms with Crippen LogP contribution in [0.25, 0.3) is 16.2 Å². The monoisotopic (exact) mass is 1110 g/mol. The number of nitrogens with two attached hydrogens (primary N) is 3. The van der Waals surface area contributed by atoms with E-state index >= 15 is 0 Å². The molecule has 0 saturated heterocycles. The van der Waals surface area contributed by atoms with Crippen molar-refractivity contribution in [3.8, 4) is 11.4 Å². The molecule has 0 bridgehead atoms. The van der Waals surface area contributed by atoms with Gasteiger partial charge in [0.2, 0.25) is 0 Å². The second-order valence-corrected chi connectivity index (χ2v) is 22.6. The fourth-order valence-electron chi connectivity index (χ4n) is 10.4. The molecule has 2 amide bonds.